The minimum atomic E-state index is -1.21. The van der Waals surface area contributed by atoms with Gasteiger partial charge in [0.05, 0.1) is 6.04 Å². The third-order valence-electron chi connectivity index (χ3n) is 8.82. The van der Waals surface area contributed by atoms with Crippen molar-refractivity contribution in [2.75, 3.05) is 14.1 Å². The molecule has 0 aromatic heterocycles. The van der Waals surface area contributed by atoms with Gasteiger partial charge in [-0.3, -0.25) is 24.1 Å². The Morgan fingerprint density at radius 3 is 1.76 bits per heavy atom. The summed E-state index contributed by atoms with van der Waals surface area (Å²) in [7, 11) is 3.10. The molecule has 1 rings (SSSR count). The Balaban J connectivity index is 3.56. The average molecular weight is 759 g/mol. The van der Waals surface area contributed by atoms with Crippen molar-refractivity contribution in [2.45, 2.75) is 151 Å². The van der Waals surface area contributed by atoms with Gasteiger partial charge in [0, 0.05) is 31.5 Å². The van der Waals surface area contributed by atoms with Gasteiger partial charge in [0.25, 0.3) is 0 Å². The lowest BCUT2D eigenvalue weighted by Gasteiger charge is -2.42. The summed E-state index contributed by atoms with van der Waals surface area (Å²) in [5.41, 5.74) is -2.41. The number of amides is 4. The lowest BCUT2D eigenvalue weighted by molar-refractivity contribution is -0.158. The van der Waals surface area contributed by atoms with E-state index in [1.807, 2.05) is 78.8 Å². The number of ether oxygens (including phenoxy) is 2. The van der Waals surface area contributed by atoms with Gasteiger partial charge in [0.2, 0.25) is 17.7 Å². The van der Waals surface area contributed by atoms with Gasteiger partial charge in [0.15, 0.2) is 0 Å². The van der Waals surface area contributed by atoms with Crippen LogP contribution in [-0.2, 0) is 38.9 Å². The highest BCUT2D eigenvalue weighted by Crippen LogP contribution is 2.32. The van der Waals surface area contributed by atoms with Crippen LogP contribution in [0.2, 0.25) is 0 Å². The van der Waals surface area contributed by atoms with Crippen LogP contribution in [0.4, 0.5) is 4.79 Å². The van der Waals surface area contributed by atoms with E-state index in [0.29, 0.717) is 0 Å². The number of hydrogen-bond donors (Lipinski definition) is 3. The van der Waals surface area contributed by atoms with Crippen molar-refractivity contribution in [2.24, 2.45) is 11.3 Å². The van der Waals surface area contributed by atoms with E-state index in [-0.39, 0.29) is 24.3 Å². The molecule has 0 saturated heterocycles. The van der Waals surface area contributed by atoms with Crippen molar-refractivity contribution in [3.8, 4) is 0 Å². The number of carboxylic acid groups (broad SMARTS) is 1. The number of esters is 1. The monoisotopic (exact) mass is 758 g/mol. The molecule has 0 aliphatic rings. The van der Waals surface area contributed by atoms with Gasteiger partial charge in [-0.25, -0.2) is 9.59 Å². The molecule has 0 spiro atoms. The van der Waals surface area contributed by atoms with E-state index >= 15 is 0 Å². The molecule has 0 bridgehead atoms. The van der Waals surface area contributed by atoms with Crippen LogP contribution in [0.15, 0.2) is 42.0 Å². The van der Waals surface area contributed by atoms with Crippen molar-refractivity contribution < 1.29 is 43.3 Å². The maximum absolute atomic E-state index is 14.5. The smallest absolute Gasteiger partial charge is 0.410 e. The van der Waals surface area contributed by atoms with Crippen LogP contribution in [-0.4, -0.2) is 100 Å². The first-order valence-electron chi connectivity index (χ1n) is 18.4. The maximum Gasteiger partial charge on any atom is 0.410 e. The number of carboxylic acids is 1. The van der Waals surface area contributed by atoms with Crippen molar-refractivity contribution in [1.82, 2.24) is 20.4 Å². The molecule has 3 N–H and O–H groups in total. The molecule has 1 aromatic carbocycles. The molecule has 0 aliphatic heterocycles. The Labute approximate surface area is 322 Å². The van der Waals surface area contributed by atoms with Gasteiger partial charge in [-0.1, -0.05) is 84.9 Å². The van der Waals surface area contributed by atoms with Gasteiger partial charge in [-0.05, 0) is 71.8 Å². The van der Waals surface area contributed by atoms with E-state index in [2.05, 4.69) is 10.6 Å². The zero-order valence-corrected chi connectivity index (χ0v) is 35.4. The molecule has 0 saturated carbocycles. The van der Waals surface area contributed by atoms with Crippen LogP contribution in [0, 0.1) is 11.3 Å². The van der Waals surface area contributed by atoms with Crippen molar-refractivity contribution >= 4 is 35.8 Å². The number of rotatable bonds is 15. The molecule has 0 unspecified atom stereocenters. The highest BCUT2D eigenvalue weighted by atomic mass is 16.6. The van der Waals surface area contributed by atoms with Crippen molar-refractivity contribution in [3.63, 3.8) is 0 Å². The number of benzene rings is 1. The van der Waals surface area contributed by atoms with Crippen LogP contribution >= 0.6 is 0 Å². The summed E-state index contributed by atoms with van der Waals surface area (Å²) in [5, 5.41) is 14.8. The van der Waals surface area contributed by atoms with Gasteiger partial charge >= 0.3 is 18.0 Å². The Hall–Kier alpha value is -4.42. The third-order valence-corrected chi connectivity index (χ3v) is 8.82. The van der Waals surface area contributed by atoms with E-state index < -0.39 is 82.0 Å². The predicted octanol–water partition coefficient (Wildman–Crippen LogP) is 5.85. The number of nitrogens with zero attached hydrogens (tertiary/aromatic N) is 2. The molecular formula is C41H66N4O9. The zero-order chi connectivity index (χ0) is 42.1. The Kier molecular flexibility index (Phi) is 16.5. The summed E-state index contributed by atoms with van der Waals surface area (Å²) >= 11 is 0. The molecular weight excluding hydrogens is 692 g/mol. The van der Waals surface area contributed by atoms with Gasteiger partial charge in [0.1, 0.15) is 29.3 Å². The molecule has 0 heterocycles. The zero-order valence-electron chi connectivity index (χ0n) is 35.4. The Morgan fingerprint density at radius 2 is 1.31 bits per heavy atom. The largest absolute Gasteiger partial charge is 0.481 e. The maximum atomic E-state index is 14.5. The molecule has 13 heteroatoms. The topological polar surface area (TPSA) is 172 Å². The Bertz CT molecular complexity index is 1520. The van der Waals surface area contributed by atoms with Gasteiger partial charge < -0.3 is 30.1 Å². The van der Waals surface area contributed by atoms with Crippen molar-refractivity contribution in [1.29, 1.82) is 0 Å². The van der Waals surface area contributed by atoms with E-state index in [1.54, 1.807) is 54.7 Å². The van der Waals surface area contributed by atoms with Gasteiger partial charge in [-0.2, -0.15) is 0 Å². The summed E-state index contributed by atoms with van der Waals surface area (Å²) in [6.07, 6.45) is 0.377. The number of likely N-dealkylation sites (N-methyl/N-ethyl adjacent to an activating group) is 2. The lowest BCUT2D eigenvalue weighted by atomic mass is 9.76. The molecule has 4 amide bonds. The van der Waals surface area contributed by atoms with E-state index in [1.165, 1.54) is 23.8 Å². The SMILES string of the molecule is C/C(=C\[C@H](C(C)C)N(C)C(=O)[C@@H](NC(=O)[C@@H](N(C)C(=O)OC(C)(C)C)C(C)(C)c1ccccc1)C(C)(C)C)C(=O)N[C@H](CCC(=O)O)C(=O)OC(C)(C)C. The first kappa shape index (κ1) is 47.6. The van der Waals surface area contributed by atoms with Gasteiger partial charge in [-0.15, -0.1) is 0 Å². The van der Waals surface area contributed by atoms with Crippen LogP contribution in [0.3, 0.4) is 0 Å². The van der Waals surface area contributed by atoms with Crippen LogP contribution in [0.25, 0.3) is 0 Å². The normalized spacial score (nSPS) is 14.9. The number of carbonyl (C=O) groups is 6. The fourth-order valence-electron chi connectivity index (χ4n) is 5.92. The van der Waals surface area contributed by atoms with Crippen molar-refractivity contribution in [3.05, 3.63) is 47.5 Å². The molecule has 4 atom stereocenters. The average Bonchev–Trinajstić information content (AvgIpc) is 3.01. The predicted molar refractivity (Wildman–Crippen MR) is 208 cm³/mol. The van der Waals surface area contributed by atoms with Crippen LogP contribution in [0.1, 0.15) is 115 Å². The second-order valence-corrected chi connectivity index (χ2v) is 17.9. The fourth-order valence-corrected chi connectivity index (χ4v) is 5.92. The lowest BCUT2D eigenvalue weighted by Crippen LogP contribution is -2.63. The van der Waals surface area contributed by atoms with E-state index in [0.717, 1.165) is 5.56 Å². The van der Waals surface area contributed by atoms with Crippen LogP contribution < -0.4 is 10.6 Å². The summed E-state index contributed by atoms with van der Waals surface area (Å²) in [6.45, 7) is 24.7. The molecule has 304 valence electrons. The molecule has 0 aliphatic carbocycles. The highest BCUT2D eigenvalue weighted by molar-refractivity contribution is 5.96. The minimum absolute atomic E-state index is 0.173. The number of carbonyl (C=O) groups excluding carboxylic acids is 5. The van der Waals surface area contributed by atoms with Crippen LogP contribution in [0.5, 0.6) is 0 Å². The first-order valence-corrected chi connectivity index (χ1v) is 18.4. The standard InChI is InChI=1S/C41H66N4O9/c1-25(2)29(24-26(3)33(48)42-28(22-23-30(46)47)36(51)53-39(7,8)9)44(15)35(50)31(38(4,5)6)43-34(49)32(45(16)37(52)54-40(10,11)12)41(13,14)27-20-18-17-19-21-27/h17-21,24-25,28-29,31-32H,22-23H2,1-16H3,(H,42,48)(H,43,49)(H,46,47)/b26-24+/t28-,29-,31-,32-/m1/s1. The Morgan fingerprint density at radius 1 is 0.796 bits per heavy atom. The van der Waals surface area contributed by atoms with E-state index in [9.17, 15) is 33.9 Å². The summed E-state index contributed by atoms with van der Waals surface area (Å²) in [6, 6.07) is 5.32. The highest BCUT2D eigenvalue weighted by Gasteiger charge is 2.46. The third kappa shape index (κ3) is 14.4. The summed E-state index contributed by atoms with van der Waals surface area (Å²) in [4.78, 5) is 82.7. The fraction of sp³-hybridized carbons (Fsp3) is 0.659. The summed E-state index contributed by atoms with van der Waals surface area (Å²) < 4.78 is 11.1. The second-order valence-electron chi connectivity index (χ2n) is 17.9. The number of nitrogens with one attached hydrogen (secondary N) is 2. The summed E-state index contributed by atoms with van der Waals surface area (Å²) in [5.74, 6) is -3.69. The molecule has 54 heavy (non-hydrogen) atoms. The molecule has 0 fully saturated rings. The number of aliphatic carboxylic acids is 1. The van der Waals surface area contributed by atoms with E-state index in [4.69, 9.17) is 9.47 Å². The quantitative estimate of drug-likeness (QED) is 0.147. The molecule has 0 radical (unpaired) electrons. The number of hydrogen-bond acceptors (Lipinski definition) is 8. The molecule has 1 aromatic rings. The molecule has 13 nitrogen and oxygen atoms in total. The minimum Gasteiger partial charge on any atom is -0.481 e. The second kappa shape index (κ2) is 18.8. The first-order chi connectivity index (χ1) is 24.4.